The Kier molecular flexibility index (Phi) is 4.88. The van der Waals surface area contributed by atoms with Gasteiger partial charge in [0.05, 0.1) is 39.4 Å². The molecule has 6 heterocycles. The SMILES string of the molecule is O=C(Nc1cncc(-c2ccc3[nH]nc(-c4cc5c(-c6cccs6)nccc5[nH]4)c3n2)c1)C1CCC1. The minimum Gasteiger partial charge on any atom is -0.353 e. The van der Waals surface area contributed by atoms with Gasteiger partial charge < -0.3 is 10.3 Å². The van der Waals surface area contributed by atoms with E-state index < -0.39 is 0 Å². The van der Waals surface area contributed by atoms with Gasteiger partial charge in [0, 0.05) is 34.8 Å². The average molecular weight is 492 g/mol. The first-order valence-electron chi connectivity index (χ1n) is 11.9. The normalized spacial score (nSPS) is 13.8. The predicted molar refractivity (Wildman–Crippen MR) is 141 cm³/mol. The molecule has 0 radical (unpaired) electrons. The zero-order chi connectivity index (χ0) is 24.1. The molecule has 1 amide bonds. The van der Waals surface area contributed by atoms with Crippen molar-refractivity contribution >= 4 is 44.9 Å². The van der Waals surface area contributed by atoms with Crippen LogP contribution in [0.3, 0.4) is 0 Å². The number of amides is 1. The molecule has 0 aromatic carbocycles. The van der Waals surface area contributed by atoms with Crippen LogP contribution in [0.15, 0.2) is 66.4 Å². The number of carbonyl (C=O) groups is 1. The molecule has 0 atom stereocenters. The number of fused-ring (bicyclic) bond motifs is 2. The van der Waals surface area contributed by atoms with Gasteiger partial charge in [-0.15, -0.1) is 11.3 Å². The fraction of sp³-hybridized carbons (Fsp3) is 0.148. The molecule has 0 unspecified atom stereocenters. The van der Waals surface area contributed by atoms with Crippen molar-refractivity contribution in [3.05, 3.63) is 66.4 Å². The first-order chi connectivity index (χ1) is 17.7. The van der Waals surface area contributed by atoms with Gasteiger partial charge in [-0.3, -0.25) is 19.9 Å². The summed E-state index contributed by atoms with van der Waals surface area (Å²) in [5, 5.41) is 13.8. The molecule has 8 nitrogen and oxygen atoms in total. The molecule has 1 aliphatic carbocycles. The summed E-state index contributed by atoms with van der Waals surface area (Å²) in [5.74, 6) is 0.180. The lowest BCUT2D eigenvalue weighted by molar-refractivity contribution is -0.122. The van der Waals surface area contributed by atoms with Gasteiger partial charge in [-0.25, -0.2) is 4.98 Å². The third kappa shape index (κ3) is 3.56. The fourth-order valence-corrected chi connectivity index (χ4v) is 5.34. The maximum Gasteiger partial charge on any atom is 0.227 e. The van der Waals surface area contributed by atoms with Gasteiger partial charge in [-0.1, -0.05) is 12.5 Å². The van der Waals surface area contributed by atoms with Crippen molar-refractivity contribution in [2.75, 3.05) is 5.32 Å². The number of pyridine rings is 3. The standard InChI is InChI=1S/C27H21N7OS/c35-27(15-3-1-4-15)30-17-11-16(13-28-14-17)19-6-7-21-25(32-19)26(34-33-21)22-12-18-20(31-22)8-9-29-24(18)23-5-2-10-36-23/h2,5-15,31H,1,3-4H2,(H,30,35)(H,33,34). The zero-order valence-electron chi connectivity index (χ0n) is 19.2. The maximum atomic E-state index is 12.4. The Balaban J connectivity index is 1.26. The Morgan fingerprint density at radius 3 is 2.83 bits per heavy atom. The molecule has 0 spiro atoms. The van der Waals surface area contributed by atoms with Gasteiger partial charge >= 0.3 is 0 Å². The molecular weight excluding hydrogens is 470 g/mol. The van der Waals surface area contributed by atoms with Gasteiger partial charge in [0.15, 0.2) is 0 Å². The smallest absolute Gasteiger partial charge is 0.227 e. The third-order valence-corrected chi connectivity index (χ3v) is 7.62. The van der Waals surface area contributed by atoms with Crippen molar-refractivity contribution in [3.63, 3.8) is 0 Å². The summed E-state index contributed by atoms with van der Waals surface area (Å²) in [6.45, 7) is 0. The van der Waals surface area contributed by atoms with Crippen LogP contribution in [0.1, 0.15) is 19.3 Å². The van der Waals surface area contributed by atoms with E-state index in [1.54, 1.807) is 23.7 Å². The van der Waals surface area contributed by atoms with E-state index in [1.807, 2.05) is 36.5 Å². The largest absolute Gasteiger partial charge is 0.353 e. The molecule has 6 aromatic rings. The van der Waals surface area contributed by atoms with Crippen LogP contribution in [-0.4, -0.2) is 36.0 Å². The number of aromatic nitrogens is 6. The van der Waals surface area contributed by atoms with Crippen LogP contribution in [0.5, 0.6) is 0 Å². The molecule has 6 aromatic heterocycles. The van der Waals surface area contributed by atoms with Gasteiger partial charge in [-0.2, -0.15) is 5.10 Å². The maximum absolute atomic E-state index is 12.4. The van der Waals surface area contributed by atoms with Crippen LogP contribution in [0, 0.1) is 5.92 Å². The Labute approximate surface area is 209 Å². The highest BCUT2D eigenvalue weighted by molar-refractivity contribution is 7.13. The molecule has 9 heteroatoms. The second-order valence-corrected chi connectivity index (χ2v) is 9.97. The van der Waals surface area contributed by atoms with Crippen molar-refractivity contribution in [3.8, 4) is 33.2 Å². The molecule has 7 rings (SSSR count). The van der Waals surface area contributed by atoms with Gasteiger partial charge in [-0.05, 0) is 54.6 Å². The highest BCUT2D eigenvalue weighted by Gasteiger charge is 2.25. The number of anilines is 1. The number of H-pyrrole nitrogens is 2. The van der Waals surface area contributed by atoms with Crippen LogP contribution in [0.4, 0.5) is 5.69 Å². The van der Waals surface area contributed by atoms with E-state index in [9.17, 15) is 4.79 Å². The summed E-state index contributed by atoms with van der Waals surface area (Å²) >= 11 is 1.67. The monoisotopic (exact) mass is 491 g/mol. The number of carbonyl (C=O) groups excluding carboxylic acids is 1. The van der Waals surface area contributed by atoms with Crippen molar-refractivity contribution in [2.24, 2.45) is 5.92 Å². The Hall–Kier alpha value is -4.37. The Morgan fingerprint density at radius 2 is 2.00 bits per heavy atom. The van der Waals surface area contributed by atoms with E-state index in [-0.39, 0.29) is 11.8 Å². The molecule has 0 aliphatic heterocycles. The summed E-state index contributed by atoms with van der Waals surface area (Å²) in [5.41, 5.74) is 7.42. The molecule has 1 saturated carbocycles. The number of nitrogens with zero attached hydrogens (tertiary/aromatic N) is 4. The van der Waals surface area contributed by atoms with Gasteiger partial charge in [0.2, 0.25) is 5.91 Å². The lowest BCUT2D eigenvalue weighted by Gasteiger charge is -2.24. The van der Waals surface area contributed by atoms with Crippen LogP contribution in [0.25, 0.3) is 55.2 Å². The van der Waals surface area contributed by atoms with Gasteiger partial charge in [0.25, 0.3) is 0 Å². The number of nitrogens with one attached hydrogen (secondary N) is 3. The predicted octanol–water partition coefficient (Wildman–Crippen LogP) is 6.03. The summed E-state index contributed by atoms with van der Waals surface area (Å²) in [6.07, 6.45) is 8.29. The molecule has 0 bridgehead atoms. The van der Waals surface area contributed by atoms with Gasteiger partial charge in [0.1, 0.15) is 11.2 Å². The zero-order valence-corrected chi connectivity index (χ0v) is 20.0. The summed E-state index contributed by atoms with van der Waals surface area (Å²) in [7, 11) is 0. The minimum absolute atomic E-state index is 0.0657. The second kappa shape index (κ2) is 8.39. The van der Waals surface area contributed by atoms with Crippen LogP contribution < -0.4 is 5.32 Å². The number of aromatic amines is 2. The van der Waals surface area contributed by atoms with Crippen molar-refractivity contribution in [2.45, 2.75) is 19.3 Å². The third-order valence-electron chi connectivity index (χ3n) is 6.74. The number of rotatable bonds is 5. The molecule has 36 heavy (non-hydrogen) atoms. The molecular formula is C27H21N7OS. The van der Waals surface area contributed by atoms with Crippen LogP contribution in [-0.2, 0) is 4.79 Å². The van der Waals surface area contributed by atoms with E-state index in [0.717, 1.165) is 74.4 Å². The topological polar surface area (TPSA) is 112 Å². The highest BCUT2D eigenvalue weighted by atomic mass is 32.1. The molecule has 1 aliphatic rings. The first kappa shape index (κ1) is 21.0. The van der Waals surface area contributed by atoms with Crippen molar-refractivity contribution in [1.29, 1.82) is 0 Å². The number of hydrogen-bond donors (Lipinski definition) is 3. The fourth-order valence-electron chi connectivity index (χ4n) is 4.60. The Bertz CT molecular complexity index is 1730. The van der Waals surface area contributed by atoms with E-state index in [0.29, 0.717) is 5.69 Å². The van der Waals surface area contributed by atoms with E-state index in [2.05, 4.69) is 48.0 Å². The van der Waals surface area contributed by atoms with Crippen molar-refractivity contribution in [1.82, 2.24) is 30.1 Å². The quantitative estimate of drug-likeness (QED) is 0.273. The van der Waals surface area contributed by atoms with E-state index >= 15 is 0 Å². The summed E-state index contributed by atoms with van der Waals surface area (Å²) in [4.78, 5) is 30.9. The van der Waals surface area contributed by atoms with E-state index in [4.69, 9.17) is 4.98 Å². The average Bonchev–Trinajstić information content (AvgIpc) is 3.61. The lowest BCUT2D eigenvalue weighted by atomic mass is 9.85. The van der Waals surface area contributed by atoms with Crippen molar-refractivity contribution < 1.29 is 4.79 Å². The minimum atomic E-state index is 0.0657. The van der Waals surface area contributed by atoms with Crippen LogP contribution >= 0.6 is 11.3 Å². The van der Waals surface area contributed by atoms with Crippen LogP contribution in [0.2, 0.25) is 0 Å². The number of thiophene rings is 1. The van der Waals surface area contributed by atoms with E-state index in [1.165, 1.54) is 0 Å². The second-order valence-electron chi connectivity index (χ2n) is 9.03. The summed E-state index contributed by atoms with van der Waals surface area (Å²) in [6, 6.07) is 14.0. The molecule has 3 N–H and O–H groups in total. The lowest BCUT2D eigenvalue weighted by Crippen LogP contribution is -2.28. The molecule has 0 saturated heterocycles. The summed E-state index contributed by atoms with van der Waals surface area (Å²) < 4.78 is 0. The molecule has 176 valence electrons. The Morgan fingerprint density at radius 1 is 1.06 bits per heavy atom. The first-order valence-corrected chi connectivity index (χ1v) is 12.7. The highest BCUT2D eigenvalue weighted by Crippen LogP contribution is 2.34. The number of hydrogen-bond acceptors (Lipinski definition) is 6. The molecule has 1 fully saturated rings.